The first-order valence-electron chi connectivity index (χ1n) is 6.99. The largest absolute Gasteiger partial charge is 0.417 e. The fourth-order valence-electron chi connectivity index (χ4n) is 3.00. The number of aromatic nitrogens is 1. The van der Waals surface area contributed by atoms with Crippen molar-refractivity contribution in [1.82, 2.24) is 4.98 Å². The molecular weight excluding hydrogens is 262 g/mol. The molecule has 0 bridgehead atoms. The van der Waals surface area contributed by atoms with Gasteiger partial charge in [0.15, 0.2) is 5.58 Å². The molecule has 1 saturated carbocycles. The summed E-state index contributed by atoms with van der Waals surface area (Å²) < 4.78 is 5.07. The Bertz CT molecular complexity index is 610. The van der Waals surface area contributed by atoms with Gasteiger partial charge in [-0.05, 0) is 36.5 Å². The third-order valence-corrected chi connectivity index (χ3v) is 4.58. The number of fused-ring (bicyclic) bond motifs is 1. The summed E-state index contributed by atoms with van der Waals surface area (Å²) in [6, 6.07) is 5.71. The Kier molecular flexibility index (Phi) is 3.65. The minimum atomic E-state index is -0.413. The van der Waals surface area contributed by atoms with Gasteiger partial charge in [0.2, 0.25) is 0 Å². The number of alkyl halides is 1. The van der Waals surface area contributed by atoms with Crippen molar-refractivity contribution in [3.8, 4) is 0 Å². The maximum atomic E-state index is 11.1. The normalized spacial score (nSPS) is 18.2. The minimum Gasteiger partial charge on any atom is -0.408 e. The molecule has 1 aliphatic carbocycles. The summed E-state index contributed by atoms with van der Waals surface area (Å²) in [4.78, 5) is 13.8. The summed E-state index contributed by atoms with van der Waals surface area (Å²) in [5, 5.41) is 0.00482. The average molecular weight is 280 g/mol. The van der Waals surface area contributed by atoms with E-state index >= 15 is 0 Å². The van der Waals surface area contributed by atoms with Gasteiger partial charge in [-0.25, -0.2) is 4.79 Å². The highest BCUT2D eigenvalue weighted by atomic mass is 35.5. The molecule has 19 heavy (non-hydrogen) atoms. The Morgan fingerprint density at radius 3 is 2.95 bits per heavy atom. The van der Waals surface area contributed by atoms with E-state index in [1.54, 1.807) is 0 Å². The van der Waals surface area contributed by atoms with E-state index in [9.17, 15) is 4.79 Å². The van der Waals surface area contributed by atoms with Gasteiger partial charge >= 0.3 is 5.76 Å². The highest BCUT2D eigenvalue weighted by molar-refractivity contribution is 6.20. The molecule has 1 N–H and O–H groups in total. The highest BCUT2D eigenvalue weighted by Crippen LogP contribution is 2.34. The monoisotopic (exact) mass is 279 g/mol. The van der Waals surface area contributed by atoms with Gasteiger partial charge in [0.1, 0.15) is 0 Å². The van der Waals surface area contributed by atoms with E-state index in [1.165, 1.54) is 32.1 Å². The Balaban J connectivity index is 1.69. The lowest BCUT2D eigenvalue weighted by molar-refractivity contribution is 0.479. The predicted octanol–water partition coefficient (Wildman–Crippen LogP) is 4.37. The maximum Gasteiger partial charge on any atom is 0.417 e. The first-order valence-corrected chi connectivity index (χ1v) is 7.43. The van der Waals surface area contributed by atoms with Crippen LogP contribution >= 0.6 is 11.6 Å². The van der Waals surface area contributed by atoms with Gasteiger partial charge < -0.3 is 4.42 Å². The summed E-state index contributed by atoms with van der Waals surface area (Å²) in [5.41, 5.74) is 2.36. The number of aromatic amines is 1. The zero-order valence-electron chi connectivity index (χ0n) is 10.8. The Hall–Kier alpha value is -1.22. The van der Waals surface area contributed by atoms with Gasteiger partial charge in [-0.2, -0.15) is 0 Å². The van der Waals surface area contributed by atoms with Crippen molar-refractivity contribution in [1.29, 1.82) is 0 Å². The van der Waals surface area contributed by atoms with Crippen molar-refractivity contribution in [2.24, 2.45) is 5.92 Å². The van der Waals surface area contributed by atoms with Crippen LogP contribution in [-0.2, 0) is 0 Å². The minimum absolute atomic E-state index is 0.00482. The van der Waals surface area contributed by atoms with Crippen molar-refractivity contribution >= 4 is 22.7 Å². The summed E-state index contributed by atoms with van der Waals surface area (Å²) in [6.45, 7) is 0. The van der Waals surface area contributed by atoms with Crippen molar-refractivity contribution in [3.05, 3.63) is 34.3 Å². The molecule has 0 spiro atoms. The van der Waals surface area contributed by atoms with Gasteiger partial charge in [0.05, 0.1) is 10.9 Å². The number of nitrogens with one attached hydrogen (secondary N) is 1. The summed E-state index contributed by atoms with van der Waals surface area (Å²) in [6.07, 6.45) is 7.65. The zero-order valence-corrected chi connectivity index (χ0v) is 11.6. The molecule has 1 heterocycles. The van der Waals surface area contributed by atoms with E-state index in [4.69, 9.17) is 16.0 Å². The highest BCUT2D eigenvalue weighted by Gasteiger charge is 2.17. The zero-order chi connectivity index (χ0) is 13.2. The van der Waals surface area contributed by atoms with Gasteiger partial charge in [-0.1, -0.05) is 31.7 Å². The van der Waals surface area contributed by atoms with Gasteiger partial charge in [-0.3, -0.25) is 4.98 Å². The molecule has 2 aromatic rings. The molecule has 4 heteroatoms. The van der Waals surface area contributed by atoms with Crippen LogP contribution in [0.25, 0.3) is 11.1 Å². The fraction of sp³-hybridized carbons (Fsp3) is 0.533. The maximum absolute atomic E-state index is 11.1. The number of rotatable bonds is 4. The van der Waals surface area contributed by atoms with E-state index in [0.29, 0.717) is 5.58 Å². The van der Waals surface area contributed by atoms with Crippen LogP contribution in [0.2, 0.25) is 0 Å². The standard InChI is InChI=1S/C15H18ClNO2/c16-12(7-5-10-3-1-2-4-10)11-6-8-13-14(9-11)19-15(18)17-13/h6,8-10,12H,1-5,7H2,(H,17,18). The van der Waals surface area contributed by atoms with Crippen LogP contribution in [0.1, 0.15) is 49.5 Å². The fourth-order valence-corrected chi connectivity index (χ4v) is 3.27. The van der Waals surface area contributed by atoms with Crippen LogP contribution in [0.15, 0.2) is 27.4 Å². The lowest BCUT2D eigenvalue weighted by Crippen LogP contribution is -1.97. The number of hydrogen-bond acceptors (Lipinski definition) is 2. The second-order valence-corrected chi connectivity index (χ2v) is 5.99. The molecule has 1 fully saturated rings. The quantitative estimate of drug-likeness (QED) is 0.845. The van der Waals surface area contributed by atoms with E-state index in [1.807, 2.05) is 18.2 Å². The van der Waals surface area contributed by atoms with Crippen molar-refractivity contribution < 1.29 is 4.42 Å². The van der Waals surface area contributed by atoms with Gasteiger partial charge in [-0.15, -0.1) is 11.6 Å². The molecule has 3 rings (SSSR count). The number of H-pyrrole nitrogens is 1. The Morgan fingerprint density at radius 1 is 1.37 bits per heavy atom. The number of oxazole rings is 1. The first-order chi connectivity index (χ1) is 9.22. The third-order valence-electron chi connectivity index (χ3n) is 4.11. The number of halogens is 1. The molecule has 3 nitrogen and oxygen atoms in total. The molecule has 1 unspecified atom stereocenters. The topological polar surface area (TPSA) is 46.0 Å². The lowest BCUT2D eigenvalue weighted by Gasteiger charge is -2.13. The molecule has 1 atom stereocenters. The third kappa shape index (κ3) is 2.86. The second kappa shape index (κ2) is 5.41. The number of benzene rings is 1. The molecule has 1 aliphatic rings. The van der Waals surface area contributed by atoms with Crippen LogP contribution in [0, 0.1) is 5.92 Å². The van der Waals surface area contributed by atoms with Crippen molar-refractivity contribution in [3.63, 3.8) is 0 Å². The lowest BCUT2D eigenvalue weighted by atomic mass is 9.98. The predicted molar refractivity (Wildman–Crippen MR) is 76.6 cm³/mol. The van der Waals surface area contributed by atoms with E-state index in [0.717, 1.165) is 23.4 Å². The molecule has 0 saturated heterocycles. The molecule has 0 radical (unpaired) electrons. The average Bonchev–Trinajstić information content (AvgIpc) is 3.02. The smallest absolute Gasteiger partial charge is 0.408 e. The van der Waals surface area contributed by atoms with E-state index < -0.39 is 5.76 Å². The van der Waals surface area contributed by atoms with Crippen LogP contribution in [0.5, 0.6) is 0 Å². The summed E-state index contributed by atoms with van der Waals surface area (Å²) in [5.74, 6) is 0.444. The van der Waals surface area contributed by atoms with Crippen LogP contribution < -0.4 is 5.76 Å². The first kappa shape index (κ1) is 12.8. The van der Waals surface area contributed by atoms with Crippen molar-refractivity contribution in [2.45, 2.75) is 43.9 Å². The summed E-state index contributed by atoms with van der Waals surface area (Å²) >= 11 is 6.46. The SMILES string of the molecule is O=c1[nH]c2ccc(C(Cl)CCC3CCCC3)cc2o1. The summed E-state index contributed by atoms with van der Waals surface area (Å²) in [7, 11) is 0. The second-order valence-electron chi connectivity index (χ2n) is 5.47. The van der Waals surface area contributed by atoms with Gasteiger partial charge in [0, 0.05) is 0 Å². The Morgan fingerprint density at radius 2 is 2.16 bits per heavy atom. The van der Waals surface area contributed by atoms with E-state index in [-0.39, 0.29) is 5.38 Å². The van der Waals surface area contributed by atoms with Crippen LogP contribution in [0.3, 0.4) is 0 Å². The molecule has 0 amide bonds. The Labute approximate surface area is 117 Å². The number of hydrogen-bond donors (Lipinski definition) is 1. The van der Waals surface area contributed by atoms with Crippen LogP contribution in [-0.4, -0.2) is 4.98 Å². The molecule has 1 aromatic carbocycles. The molecule has 102 valence electrons. The van der Waals surface area contributed by atoms with Crippen LogP contribution in [0.4, 0.5) is 0 Å². The molecule has 0 aliphatic heterocycles. The molecular formula is C15H18ClNO2. The molecule has 1 aromatic heterocycles. The van der Waals surface area contributed by atoms with Gasteiger partial charge in [0.25, 0.3) is 0 Å². The van der Waals surface area contributed by atoms with E-state index in [2.05, 4.69) is 4.98 Å². The van der Waals surface area contributed by atoms with Crippen molar-refractivity contribution in [2.75, 3.05) is 0 Å².